The monoisotopic (exact) mass is 496 g/mol. The van der Waals surface area contributed by atoms with E-state index in [0.717, 1.165) is 11.1 Å². The van der Waals surface area contributed by atoms with E-state index in [1.807, 2.05) is 81.4 Å². The van der Waals surface area contributed by atoms with Crippen molar-refractivity contribution in [2.24, 2.45) is 5.92 Å². The average Bonchev–Trinajstić information content (AvgIpc) is 3.30. The molecule has 0 aliphatic carbocycles. The number of nitrogens with zero attached hydrogens (tertiary/aromatic N) is 1. The fraction of sp³-hybridized carbons (Fsp3) is 0.464. The van der Waals surface area contributed by atoms with Gasteiger partial charge >= 0.3 is 18.0 Å². The largest absolute Gasteiger partial charge is 0.469 e. The van der Waals surface area contributed by atoms with E-state index in [2.05, 4.69) is 5.32 Å². The lowest BCUT2D eigenvalue weighted by Gasteiger charge is -2.38. The van der Waals surface area contributed by atoms with Gasteiger partial charge in [0, 0.05) is 12.6 Å². The van der Waals surface area contributed by atoms with Crippen LogP contribution in [0.5, 0.6) is 0 Å². The molecule has 1 amide bonds. The summed E-state index contributed by atoms with van der Waals surface area (Å²) in [5.41, 5.74) is 1.18. The predicted octanol–water partition coefficient (Wildman–Crippen LogP) is 3.73. The quantitative estimate of drug-likeness (QED) is 0.440. The van der Waals surface area contributed by atoms with Crippen molar-refractivity contribution in [1.29, 1.82) is 0 Å². The van der Waals surface area contributed by atoms with E-state index >= 15 is 0 Å². The summed E-state index contributed by atoms with van der Waals surface area (Å²) in [6.45, 7) is 5.71. The van der Waals surface area contributed by atoms with Crippen LogP contribution in [0.4, 0.5) is 4.79 Å². The van der Waals surface area contributed by atoms with Gasteiger partial charge in [0.2, 0.25) is 0 Å². The van der Waals surface area contributed by atoms with Crippen LogP contribution in [0, 0.1) is 5.92 Å². The van der Waals surface area contributed by atoms with Crippen LogP contribution >= 0.6 is 0 Å². The number of benzene rings is 2. The van der Waals surface area contributed by atoms with Crippen LogP contribution in [0.2, 0.25) is 0 Å². The zero-order chi connectivity index (χ0) is 26.3. The van der Waals surface area contributed by atoms with Gasteiger partial charge in [0.05, 0.1) is 26.2 Å². The lowest BCUT2D eigenvalue weighted by Crippen LogP contribution is -2.56. The first-order valence-electron chi connectivity index (χ1n) is 12.1. The van der Waals surface area contributed by atoms with E-state index in [1.54, 1.807) is 4.90 Å². The topological polar surface area (TPSA) is 94.2 Å². The smallest absolute Gasteiger partial charge is 0.410 e. The molecule has 0 saturated carbocycles. The van der Waals surface area contributed by atoms with E-state index in [9.17, 15) is 14.4 Å². The highest BCUT2D eigenvalue weighted by Gasteiger charge is 2.48. The number of carbonyl (C=O) groups is 3. The number of rotatable bonds is 8. The molecule has 36 heavy (non-hydrogen) atoms. The van der Waals surface area contributed by atoms with Crippen LogP contribution in [0.15, 0.2) is 60.7 Å². The number of carbonyl (C=O) groups excluding carboxylic acids is 3. The molecule has 8 heteroatoms. The minimum Gasteiger partial charge on any atom is -0.469 e. The highest BCUT2D eigenvalue weighted by Crippen LogP contribution is 2.31. The molecule has 1 saturated heterocycles. The first-order valence-corrected chi connectivity index (χ1v) is 12.1. The second kappa shape index (κ2) is 12.0. The third-order valence-electron chi connectivity index (χ3n) is 6.23. The molecule has 2 aromatic carbocycles. The van der Waals surface area contributed by atoms with Gasteiger partial charge in [0.25, 0.3) is 0 Å². The summed E-state index contributed by atoms with van der Waals surface area (Å²) in [5.74, 6) is -1.56. The first-order chi connectivity index (χ1) is 17.1. The van der Waals surface area contributed by atoms with Crippen molar-refractivity contribution < 1.29 is 28.6 Å². The second-order valence-electron chi connectivity index (χ2n) is 9.98. The normalized spacial score (nSPS) is 20.3. The Morgan fingerprint density at radius 2 is 1.47 bits per heavy atom. The predicted molar refractivity (Wildman–Crippen MR) is 135 cm³/mol. The van der Waals surface area contributed by atoms with Gasteiger partial charge in [-0.15, -0.1) is 0 Å². The van der Waals surface area contributed by atoms with Gasteiger partial charge in [-0.05, 0) is 44.7 Å². The average molecular weight is 497 g/mol. The summed E-state index contributed by atoms with van der Waals surface area (Å²) in [6, 6.07) is 17.5. The molecule has 0 radical (unpaired) electrons. The SMILES string of the molecule is COC(=O)[C@@H]1C[C@H](C(=O)OC)[C@H]([C@H](Cc2ccccc2)N(Cc2ccccc2)C(=O)OC(C)(C)C)N1. The lowest BCUT2D eigenvalue weighted by atomic mass is 9.88. The Kier molecular flexibility index (Phi) is 9.09. The Balaban J connectivity index is 2.07. The van der Waals surface area contributed by atoms with E-state index < -0.39 is 47.7 Å². The van der Waals surface area contributed by atoms with E-state index in [0.29, 0.717) is 6.42 Å². The molecule has 0 unspecified atom stereocenters. The molecule has 194 valence electrons. The molecule has 1 aliphatic rings. The standard InChI is InChI=1S/C28H36N2O6/c1-28(2,3)36-27(33)30(18-20-14-10-7-11-15-20)23(16-19-12-8-6-9-13-19)24-21(25(31)34-4)17-22(29-24)26(32)35-5/h6-15,21-24,29H,16-18H2,1-5H3/t21-,22-,23-,24+/m0/s1. The molecule has 2 aromatic rings. The maximum atomic E-state index is 13.6. The lowest BCUT2D eigenvalue weighted by molar-refractivity contribution is -0.146. The Morgan fingerprint density at radius 3 is 2.00 bits per heavy atom. The van der Waals surface area contributed by atoms with Crippen molar-refractivity contribution in [3.8, 4) is 0 Å². The fourth-order valence-electron chi connectivity index (χ4n) is 4.60. The summed E-state index contributed by atoms with van der Waals surface area (Å²) in [5, 5.41) is 3.29. The first kappa shape index (κ1) is 27.2. The van der Waals surface area contributed by atoms with Gasteiger partial charge in [-0.2, -0.15) is 0 Å². The molecule has 1 N–H and O–H groups in total. The third-order valence-corrected chi connectivity index (χ3v) is 6.23. The molecule has 3 rings (SSSR count). The van der Waals surface area contributed by atoms with Crippen molar-refractivity contribution in [3.63, 3.8) is 0 Å². The van der Waals surface area contributed by atoms with E-state index in [4.69, 9.17) is 14.2 Å². The molecule has 1 fully saturated rings. The number of nitrogens with one attached hydrogen (secondary N) is 1. The van der Waals surface area contributed by atoms with E-state index in [-0.39, 0.29) is 13.0 Å². The zero-order valence-electron chi connectivity index (χ0n) is 21.6. The van der Waals surface area contributed by atoms with Crippen LogP contribution in [0.3, 0.4) is 0 Å². The Morgan fingerprint density at radius 1 is 0.917 bits per heavy atom. The minimum absolute atomic E-state index is 0.211. The molecule has 0 bridgehead atoms. The number of esters is 2. The summed E-state index contributed by atoms with van der Waals surface area (Å²) in [4.78, 5) is 40.6. The van der Waals surface area contributed by atoms with Gasteiger partial charge in [0.15, 0.2) is 0 Å². The van der Waals surface area contributed by atoms with Gasteiger partial charge < -0.3 is 14.2 Å². The van der Waals surface area contributed by atoms with Gasteiger partial charge in [-0.3, -0.25) is 19.8 Å². The van der Waals surface area contributed by atoms with Crippen LogP contribution in [0.25, 0.3) is 0 Å². The Bertz CT molecular complexity index is 1020. The second-order valence-corrected chi connectivity index (χ2v) is 9.98. The molecule has 4 atom stereocenters. The van der Waals surface area contributed by atoms with Crippen LogP contribution in [0.1, 0.15) is 38.3 Å². The molecule has 0 spiro atoms. The minimum atomic E-state index is -0.720. The summed E-state index contributed by atoms with van der Waals surface area (Å²) in [6.07, 6.45) is 0.147. The number of ether oxygens (including phenoxy) is 3. The molecule has 1 heterocycles. The molecule has 0 aromatic heterocycles. The highest BCUT2D eigenvalue weighted by atomic mass is 16.6. The molecule has 1 aliphatic heterocycles. The summed E-state index contributed by atoms with van der Waals surface area (Å²) < 4.78 is 15.9. The van der Waals surface area contributed by atoms with Crippen molar-refractivity contribution in [3.05, 3.63) is 71.8 Å². The Labute approximate surface area is 212 Å². The van der Waals surface area contributed by atoms with Gasteiger partial charge in [0.1, 0.15) is 11.6 Å². The van der Waals surface area contributed by atoms with Crippen LogP contribution in [-0.4, -0.2) is 60.9 Å². The van der Waals surface area contributed by atoms with Crippen molar-refractivity contribution in [2.75, 3.05) is 14.2 Å². The van der Waals surface area contributed by atoms with E-state index in [1.165, 1.54) is 14.2 Å². The molecular formula is C28H36N2O6. The van der Waals surface area contributed by atoms with Crippen molar-refractivity contribution in [1.82, 2.24) is 10.2 Å². The van der Waals surface area contributed by atoms with Crippen LogP contribution in [-0.2, 0) is 36.8 Å². The Hall–Kier alpha value is -3.39. The van der Waals surface area contributed by atoms with Crippen molar-refractivity contribution in [2.45, 2.75) is 63.9 Å². The van der Waals surface area contributed by atoms with Gasteiger partial charge in [-0.25, -0.2) is 4.79 Å². The highest BCUT2D eigenvalue weighted by molar-refractivity contribution is 5.80. The fourth-order valence-corrected chi connectivity index (χ4v) is 4.60. The maximum absolute atomic E-state index is 13.6. The van der Waals surface area contributed by atoms with Crippen molar-refractivity contribution >= 4 is 18.0 Å². The number of hydrogen-bond acceptors (Lipinski definition) is 7. The zero-order valence-corrected chi connectivity index (χ0v) is 21.6. The summed E-state index contributed by atoms with van der Waals surface area (Å²) in [7, 11) is 2.64. The number of amides is 1. The van der Waals surface area contributed by atoms with Gasteiger partial charge in [-0.1, -0.05) is 60.7 Å². The third kappa shape index (κ3) is 7.07. The maximum Gasteiger partial charge on any atom is 0.410 e. The summed E-state index contributed by atoms with van der Waals surface area (Å²) >= 11 is 0. The molecular weight excluding hydrogens is 460 g/mol. The molecule has 8 nitrogen and oxygen atoms in total. The number of hydrogen-bond donors (Lipinski definition) is 1. The number of methoxy groups -OCH3 is 2. The van der Waals surface area contributed by atoms with Crippen LogP contribution < -0.4 is 5.32 Å².